The minimum absolute atomic E-state index is 0.186. The molecule has 2 saturated heterocycles. The van der Waals surface area contributed by atoms with Crippen LogP contribution < -0.4 is 15.2 Å². The fourth-order valence-corrected chi connectivity index (χ4v) is 4.10. The second-order valence-corrected chi connectivity index (χ2v) is 7.74. The molecule has 8 nitrogen and oxygen atoms in total. The Morgan fingerprint density at radius 3 is 2.13 bits per heavy atom. The number of benzene rings is 2. The van der Waals surface area contributed by atoms with Crippen LogP contribution in [0.15, 0.2) is 41.5 Å². The Kier molecular flexibility index (Phi) is 5.04. The molecule has 30 heavy (non-hydrogen) atoms. The molecule has 2 aliphatic rings. The lowest BCUT2D eigenvalue weighted by Crippen LogP contribution is -2.25. The molecule has 0 saturated carbocycles. The van der Waals surface area contributed by atoms with Crippen molar-refractivity contribution >= 4 is 34.8 Å². The minimum Gasteiger partial charge on any atom is -0.507 e. The zero-order valence-electron chi connectivity index (χ0n) is 16.8. The van der Waals surface area contributed by atoms with Crippen LogP contribution in [0.2, 0.25) is 0 Å². The largest absolute Gasteiger partial charge is 0.507 e. The molecule has 0 spiro atoms. The lowest BCUT2D eigenvalue weighted by Gasteiger charge is -2.20. The molecule has 0 bridgehead atoms. The van der Waals surface area contributed by atoms with Gasteiger partial charge < -0.3 is 14.9 Å². The first kappa shape index (κ1) is 18.6. The van der Waals surface area contributed by atoms with Gasteiger partial charge in [-0.1, -0.05) is 30.3 Å². The van der Waals surface area contributed by atoms with Crippen molar-refractivity contribution in [3.05, 3.63) is 42.0 Å². The van der Waals surface area contributed by atoms with Crippen LogP contribution in [0.1, 0.15) is 31.2 Å². The molecule has 2 aromatic carbocycles. The number of aromatic hydroxyl groups is 1. The van der Waals surface area contributed by atoms with Crippen molar-refractivity contribution in [3.63, 3.8) is 0 Å². The molecule has 2 fully saturated rings. The number of hydrogen-bond donors (Lipinski definition) is 2. The quantitative estimate of drug-likeness (QED) is 0.499. The highest BCUT2D eigenvalue weighted by Crippen LogP contribution is 2.26. The number of anilines is 3. The lowest BCUT2D eigenvalue weighted by molar-refractivity contribution is 0.475. The van der Waals surface area contributed by atoms with E-state index in [0.717, 1.165) is 62.6 Å². The third kappa shape index (κ3) is 3.72. The molecule has 5 rings (SSSR count). The molecule has 8 heteroatoms. The number of phenols is 1. The van der Waals surface area contributed by atoms with Gasteiger partial charge in [-0.3, -0.25) is 0 Å². The van der Waals surface area contributed by atoms with Crippen molar-refractivity contribution in [2.75, 3.05) is 41.4 Å². The normalized spacial score (nSPS) is 16.8. The molecule has 0 aliphatic carbocycles. The van der Waals surface area contributed by atoms with Gasteiger partial charge in [0.25, 0.3) is 0 Å². The van der Waals surface area contributed by atoms with Crippen molar-refractivity contribution < 1.29 is 5.11 Å². The van der Waals surface area contributed by atoms with E-state index in [2.05, 4.69) is 30.3 Å². The summed E-state index contributed by atoms with van der Waals surface area (Å²) in [5, 5.41) is 16.6. The number of nitrogens with zero attached hydrogens (tertiary/aromatic N) is 6. The average Bonchev–Trinajstić information content (AvgIpc) is 3.50. The van der Waals surface area contributed by atoms with Gasteiger partial charge in [0, 0.05) is 31.7 Å². The molecule has 0 radical (unpaired) electrons. The third-order valence-corrected chi connectivity index (χ3v) is 5.70. The summed E-state index contributed by atoms with van der Waals surface area (Å²) in [5.41, 5.74) is 3.62. The van der Waals surface area contributed by atoms with Gasteiger partial charge in [-0.25, -0.2) is 5.43 Å². The van der Waals surface area contributed by atoms with Crippen LogP contribution in [0.3, 0.4) is 0 Å². The van der Waals surface area contributed by atoms with Crippen molar-refractivity contribution in [2.45, 2.75) is 25.7 Å². The molecule has 2 N–H and O–H groups in total. The van der Waals surface area contributed by atoms with E-state index in [1.807, 2.05) is 30.3 Å². The van der Waals surface area contributed by atoms with Crippen LogP contribution in [0.25, 0.3) is 10.8 Å². The maximum absolute atomic E-state index is 10.3. The molecule has 0 atom stereocenters. The maximum Gasteiger partial charge on any atom is 0.250 e. The first-order valence-corrected chi connectivity index (χ1v) is 10.5. The van der Waals surface area contributed by atoms with E-state index in [-0.39, 0.29) is 5.75 Å². The summed E-state index contributed by atoms with van der Waals surface area (Å²) in [6.45, 7) is 3.87. The fourth-order valence-electron chi connectivity index (χ4n) is 4.10. The van der Waals surface area contributed by atoms with E-state index in [0.29, 0.717) is 23.4 Å². The molecule has 154 valence electrons. The maximum atomic E-state index is 10.3. The topological polar surface area (TPSA) is 89.8 Å². The monoisotopic (exact) mass is 403 g/mol. The van der Waals surface area contributed by atoms with Crippen LogP contribution in [0.4, 0.5) is 17.8 Å². The lowest BCUT2D eigenvalue weighted by atomic mass is 10.0. The number of hydrazone groups is 1. The standard InChI is InChI=1S/C22H25N7O/c30-19-10-9-16-7-1-2-8-17(16)18(19)15-23-27-20-24-21(28-11-3-4-12-28)26-22(25-20)29-13-5-6-14-29/h1-2,7-10,15,30H,3-6,11-14H2,(H,24,25,26,27)/b23-15+. The molecular formula is C22H25N7O. The van der Waals surface area contributed by atoms with E-state index < -0.39 is 0 Å². The number of aromatic nitrogens is 3. The minimum atomic E-state index is 0.186. The molecule has 0 unspecified atom stereocenters. The summed E-state index contributed by atoms with van der Waals surface area (Å²) in [5.74, 6) is 2.01. The fraction of sp³-hybridized carbons (Fsp3) is 0.364. The van der Waals surface area contributed by atoms with Gasteiger partial charge in [0.1, 0.15) is 5.75 Å². The van der Waals surface area contributed by atoms with Crippen molar-refractivity contribution in [1.29, 1.82) is 0 Å². The Balaban J connectivity index is 1.43. The van der Waals surface area contributed by atoms with E-state index in [1.165, 1.54) is 0 Å². The van der Waals surface area contributed by atoms with Gasteiger partial charge in [0.15, 0.2) is 0 Å². The zero-order chi connectivity index (χ0) is 20.3. The molecule has 3 heterocycles. The number of hydrogen-bond acceptors (Lipinski definition) is 8. The summed E-state index contributed by atoms with van der Waals surface area (Å²) in [6.07, 6.45) is 6.25. The summed E-state index contributed by atoms with van der Waals surface area (Å²) < 4.78 is 0. The van der Waals surface area contributed by atoms with Crippen LogP contribution in [-0.4, -0.2) is 52.5 Å². The van der Waals surface area contributed by atoms with Crippen LogP contribution >= 0.6 is 0 Å². The number of fused-ring (bicyclic) bond motifs is 1. The molecule has 0 amide bonds. The number of nitrogens with one attached hydrogen (secondary N) is 1. The molecule has 3 aromatic rings. The van der Waals surface area contributed by atoms with Gasteiger partial charge >= 0.3 is 0 Å². The first-order chi connectivity index (χ1) is 14.8. The first-order valence-electron chi connectivity index (χ1n) is 10.5. The molecule has 2 aliphatic heterocycles. The van der Waals surface area contributed by atoms with Crippen LogP contribution in [0.5, 0.6) is 5.75 Å². The van der Waals surface area contributed by atoms with E-state index in [9.17, 15) is 5.11 Å². The summed E-state index contributed by atoms with van der Waals surface area (Å²) in [4.78, 5) is 18.3. The van der Waals surface area contributed by atoms with Crippen LogP contribution in [-0.2, 0) is 0 Å². The van der Waals surface area contributed by atoms with E-state index in [1.54, 1.807) is 12.3 Å². The van der Waals surface area contributed by atoms with Crippen molar-refractivity contribution in [1.82, 2.24) is 15.0 Å². The van der Waals surface area contributed by atoms with Gasteiger partial charge in [-0.2, -0.15) is 20.1 Å². The summed E-state index contributed by atoms with van der Waals surface area (Å²) >= 11 is 0. The Morgan fingerprint density at radius 1 is 0.833 bits per heavy atom. The van der Waals surface area contributed by atoms with Crippen molar-refractivity contribution in [2.24, 2.45) is 5.10 Å². The molecular weight excluding hydrogens is 378 g/mol. The van der Waals surface area contributed by atoms with Gasteiger partial charge in [-0.05, 0) is 42.5 Å². The Hall–Kier alpha value is -3.42. The second kappa shape index (κ2) is 8.14. The zero-order valence-corrected chi connectivity index (χ0v) is 16.8. The highest BCUT2D eigenvalue weighted by molar-refractivity contribution is 6.02. The smallest absolute Gasteiger partial charge is 0.250 e. The number of phenolic OH excluding ortho intramolecular Hbond substituents is 1. The Bertz CT molecular complexity index is 1040. The summed E-state index contributed by atoms with van der Waals surface area (Å²) in [7, 11) is 0. The third-order valence-electron chi connectivity index (χ3n) is 5.70. The van der Waals surface area contributed by atoms with Gasteiger partial charge in [0.05, 0.1) is 6.21 Å². The Morgan fingerprint density at radius 2 is 1.47 bits per heavy atom. The van der Waals surface area contributed by atoms with Gasteiger partial charge in [0.2, 0.25) is 17.8 Å². The summed E-state index contributed by atoms with van der Waals surface area (Å²) in [6, 6.07) is 11.5. The highest BCUT2D eigenvalue weighted by atomic mass is 16.3. The second-order valence-electron chi connectivity index (χ2n) is 7.74. The SMILES string of the molecule is Oc1ccc2ccccc2c1/C=N/Nc1nc(N2CCCC2)nc(N2CCCC2)n1. The predicted octanol–water partition coefficient (Wildman–Crippen LogP) is 3.38. The van der Waals surface area contributed by atoms with Crippen LogP contribution in [0, 0.1) is 0 Å². The van der Waals surface area contributed by atoms with Gasteiger partial charge in [-0.15, -0.1) is 0 Å². The average molecular weight is 403 g/mol. The predicted molar refractivity (Wildman–Crippen MR) is 120 cm³/mol. The number of rotatable bonds is 5. The van der Waals surface area contributed by atoms with E-state index in [4.69, 9.17) is 4.98 Å². The van der Waals surface area contributed by atoms with E-state index >= 15 is 0 Å². The van der Waals surface area contributed by atoms with Crippen molar-refractivity contribution in [3.8, 4) is 5.75 Å². The Labute approximate surface area is 175 Å². The molecule has 1 aromatic heterocycles. The highest BCUT2D eigenvalue weighted by Gasteiger charge is 2.21.